The highest BCUT2D eigenvalue weighted by Crippen LogP contribution is 2.34. The highest BCUT2D eigenvalue weighted by atomic mass is 16.4. The smallest absolute Gasteiger partial charge is 0.143 e. The summed E-state index contributed by atoms with van der Waals surface area (Å²) in [6.45, 7) is 0. The Labute approximate surface area is 100 Å². The number of ketones is 1. The third kappa shape index (κ3) is 2.73. The van der Waals surface area contributed by atoms with Gasteiger partial charge in [-0.2, -0.15) is 0 Å². The number of Topliss-reactive ketones (excluding diaryl/α,β-unsaturated/α-hetero) is 1. The first kappa shape index (κ1) is 11.8. The molecule has 3 nitrogen and oxygen atoms in total. The molecular formula is C14H15O3-. The second-order valence-electron chi connectivity index (χ2n) is 4.57. The summed E-state index contributed by atoms with van der Waals surface area (Å²) in [5.41, 5.74) is 1.00. The maximum absolute atomic E-state index is 12.2. The molecule has 2 rings (SSSR count). The lowest BCUT2D eigenvalue weighted by atomic mass is 9.75. The number of hydrogen-bond acceptors (Lipinski definition) is 3. The molecule has 0 aliphatic heterocycles. The van der Waals surface area contributed by atoms with Gasteiger partial charge < -0.3 is 9.90 Å². The van der Waals surface area contributed by atoms with E-state index < -0.39 is 5.97 Å². The molecule has 0 amide bonds. The van der Waals surface area contributed by atoms with E-state index in [1.165, 1.54) is 0 Å². The lowest BCUT2D eigenvalue weighted by molar-refractivity contribution is -0.306. The molecule has 2 atom stereocenters. The standard InChI is InChI=1S/C14H16O3/c15-13(16)9-11-7-4-8-12(14(11)17)10-5-2-1-3-6-10/h1-3,5-6,11-12H,4,7-9H2,(H,15,16)/p-1/t11-,12-/m1/s1. The van der Waals surface area contributed by atoms with Crippen molar-refractivity contribution < 1.29 is 14.7 Å². The fourth-order valence-corrected chi connectivity index (χ4v) is 2.56. The molecule has 0 bridgehead atoms. The summed E-state index contributed by atoms with van der Waals surface area (Å²) in [4.78, 5) is 22.8. The van der Waals surface area contributed by atoms with Crippen LogP contribution in [0.1, 0.15) is 37.2 Å². The van der Waals surface area contributed by atoms with Gasteiger partial charge in [-0.3, -0.25) is 4.79 Å². The quantitative estimate of drug-likeness (QED) is 0.787. The average Bonchev–Trinajstić information content (AvgIpc) is 2.32. The monoisotopic (exact) mass is 231 g/mol. The topological polar surface area (TPSA) is 57.2 Å². The van der Waals surface area contributed by atoms with Gasteiger partial charge in [-0.1, -0.05) is 36.8 Å². The van der Waals surface area contributed by atoms with Gasteiger partial charge in [0, 0.05) is 17.8 Å². The molecule has 0 spiro atoms. The first-order valence-electron chi connectivity index (χ1n) is 5.97. The van der Waals surface area contributed by atoms with Crippen LogP contribution in [0.4, 0.5) is 0 Å². The van der Waals surface area contributed by atoms with Crippen LogP contribution < -0.4 is 5.11 Å². The Hall–Kier alpha value is -1.64. The highest BCUT2D eigenvalue weighted by Gasteiger charge is 2.31. The van der Waals surface area contributed by atoms with Crippen LogP contribution in [0.25, 0.3) is 0 Å². The van der Waals surface area contributed by atoms with Crippen LogP contribution in [0.3, 0.4) is 0 Å². The van der Waals surface area contributed by atoms with Crippen LogP contribution in [0.2, 0.25) is 0 Å². The Morgan fingerprint density at radius 2 is 1.94 bits per heavy atom. The Bertz CT molecular complexity index is 411. The van der Waals surface area contributed by atoms with Gasteiger partial charge in [-0.05, 0) is 24.8 Å². The van der Waals surface area contributed by atoms with Crippen LogP contribution in [0.15, 0.2) is 30.3 Å². The number of rotatable bonds is 3. The number of carboxylic acids is 1. The molecule has 17 heavy (non-hydrogen) atoms. The predicted molar refractivity (Wildman–Crippen MR) is 61.2 cm³/mol. The van der Waals surface area contributed by atoms with Crippen molar-refractivity contribution in [1.82, 2.24) is 0 Å². The molecule has 1 aromatic carbocycles. The summed E-state index contributed by atoms with van der Waals surface area (Å²) in [6.07, 6.45) is 2.27. The second-order valence-corrected chi connectivity index (χ2v) is 4.57. The molecule has 0 heterocycles. The van der Waals surface area contributed by atoms with Crippen molar-refractivity contribution in [3.05, 3.63) is 35.9 Å². The lowest BCUT2D eigenvalue weighted by Gasteiger charge is -2.28. The Kier molecular flexibility index (Phi) is 3.57. The maximum atomic E-state index is 12.2. The van der Waals surface area contributed by atoms with E-state index in [4.69, 9.17) is 0 Å². The first-order valence-corrected chi connectivity index (χ1v) is 5.97. The molecule has 1 aliphatic rings. The van der Waals surface area contributed by atoms with Crippen molar-refractivity contribution in [1.29, 1.82) is 0 Å². The van der Waals surface area contributed by atoms with Crippen molar-refractivity contribution in [2.45, 2.75) is 31.6 Å². The molecule has 0 radical (unpaired) electrons. The van der Waals surface area contributed by atoms with Gasteiger partial charge in [0.25, 0.3) is 0 Å². The number of benzene rings is 1. The number of carboxylic acid groups (broad SMARTS) is 1. The minimum Gasteiger partial charge on any atom is -0.550 e. The molecule has 3 heteroatoms. The van der Waals surface area contributed by atoms with E-state index in [0.717, 1.165) is 18.4 Å². The molecule has 0 aromatic heterocycles. The third-order valence-corrected chi connectivity index (χ3v) is 3.41. The minimum atomic E-state index is -1.13. The highest BCUT2D eigenvalue weighted by molar-refractivity contribution is 5.90. The van der Waals surface area contributed by atoms with E-state index >= 15 is 0 Å². The number of hydrogen-bond donors (Lipinski definition) is 0. The van der Waals surface area contributed by atoms with Gasteiger partial charge in [0.2, 0.25) is 0 Å². The van der Waals surface area contributed by atoms with E-state index in [0.29, 0.717) is 6.42 Å². The Morgan fingerprint density at radius 1 is 1.24 bits per heavy atom. The molecular weight excluding hydrogens is 216 g/mol. The SMILES string of the molecule is O=C([O-])C[C@H]1CCC[C@H](c2ccccc2)C1=O. The van der Waals surface area contributed by atoms with Crippen LogP contribution in [-0.4, -0.2) is 11.8 Å². The van der Waals surface area contributed by atoms with Gasteiger partial charge in [-0.15, -0.1) is 0 Å². The molecule has 1 fully saturated rings. The normalized spacial score (nSPS) is 24.6. The molecule has 0 saturated heterocycles. The fraction of sp³-hybridized carbons (Fsp3) is 0.429. The summed E-state index contributed by atoms with van der Waals surface area (Å²) in [5.74, 6) is -1.56. The van der Waals surface area contributed by atoms with E-state index in [9.17, 15) is 14.7 Å². The van der Waals surface area contributed by atoms with Gasteiger partial charge in [0.1, 0.15) is 5.78 Å². The van der Waals surface area contributed by atoms with Crippen molar-refractivity contribution in [3.63, 3.8) is 0 Å². The largest absolute Gasteiger partial charge is 0.550 e. The zero-order valence-electron chi connectivity index (χ0n) is 9.59. The van der Waals surface area contributed by atoms with Crippen LogP contribution in [0, 0.1) is 5.92 Å². The summed E-state index contributed by atoms with van der Waals surface area (Å²) in [5, 5.41) is 10.6. The molecule has 1 aliphatic carbocycles. The molecule has 0 unspecified atom stereocenters. The number of carbonyl (C=O) groups excluding carboxylic acids is 2. The van der Waals surface area contributed by atoms with Crippen molar-refractivity contribution in [2.75, 3.05) is 0 Å². The van der Waals surface area contributed by atoms with Crippen LogP contribution in [-0.2, 0) is 9.59 Å². The second kappa shape index (κ2) is 5.13. The zero-order valence-corrected chi connectivity index (χ0v) is 9.59. The van der Waals surface area contributed by atoms with E-state index in [1.54, 1.807) is 0 Å². The van der Waals surface area contributed by atoms with Crippen LogP contribution >= 0.6 is 0 Å². The van der Waals surface area contributed by atoms with Gasteiger partial charge >= 0.3 is 0 Å². The van der Waals surface area contributed by atoms with Crippen molar-refractivity contribution in [3.8, 4) is 0 Å². The lowest BCUT2D eigenvalue weighted by Crippen LogP contribution is -2.33. The van der Waals surface area contributed by atoms with E-state index in [-0.39, 0.29) is 24.0 Å². The molecule has 90 valence electrons. The average molecular weight is 231 g/mol. The van der Waals surface area contributed by atoms with Crippen molar-refractivity contribution in [2.24, 2.45) is 5.92 Å². The van der Waals surface area contributed by atoms with Gasteiger partial charge in [0.05, 0.1) is 0 Å². The van der Waals surface area contributed by atoms with Gasteiger partial charge in [0.15, 0.2) is 0 Å². The van der Waals surface area contributed by atoms with Gasteiger partial charge in [-0.25, -0.2) is 0 Å². The zero-order chi connectivity index (χ0) is 12.3. The fourth-order valence-electron chi connectivity index (χ4n) is 2.56. The van der Waals surface area contributed by atoms with E-state index in [1.807, 2.05) is 30.3 Å². The molecule has 0 N–H and O–H groups in total. The summed E-state index contributed by atoms with van der Waals surface area (Å²) in [7, 11) is 0. The summed E-state index contributed by atoms with van der Waals surface area (Å²) >= 11 is 0. The predicted octanol–water partition coefficient (Wildman–Crippen LogP) is 1.28. The maximum Gasteiger partial charge on any atom is 0.143 e. The van der Waals surface area contributed by atoms with Crippen molar-refractivity contribution >= 4 is 11.8 Å². The molecule has 1 aromatic rings. The minimum absolute atomic E-state index is 0.0617. The summed E-state index contributed by atoms with van der Waals surface area (Å²) in [6, 6.07) is 9.60. The van der Waals surface area contributed by atoms with E-state index in [2.05, 4.69) is 0 Å². The summed E-state index contributed by atoms with van der Waals surface area (Å²) < 4.78 is 0. The molecule has 1 saturated carbocycles. The number of carbonyl (C=O) groups is 2. The van der Waals surface area contributed by atoms with Crippen LogP contribution in [0.5, 0.6) is 0 Å². The number of aliphatic carboxylic acids is 1. The first-order chi connectivity index (χ1) is 8.18. The Morgan fingerprint density at radius 3 is 2.59 bits per heavy atom. The third-order valence-electron chi connectivity index (χ3n) is 3.41. The Balaban J connectivity index is 2.14.